The van der Waals surface area contributed by atoms with Gasteiger partial charge in [0.15, 0.2) is 0 Å². The molecular weight excluding hydrogens is 186 g/mol. The molecule has 2 heteroatoms. The molecule has 0 spiro atoms. The fraction of sp³-hybridized carbons (Fsp3) is 0.538. The maximum Gasteiger partial charge on any atom is 0.119 e. The molecule has 1 aliphatic carbocycles. The van der Waals surface area contributed by atoms with Crippen LogP contribution in [0.3, 0.4) is 0 Å². The molecule has 2 rings (SSSR count). The molecule has 0 radical (unpaired) electrons. The summed E-state index contributed by atoms with van der Waals surface area (Å²) in [6, 6.07) is 10.2. The minimum absolute atomic E-state index is 0.191. The van der Waals surface area contributed by atoms with Crippen LogP contribution in [-0.4, -0.2) is 12.1 Å². The van der Waals surface area contributed by atoms with Crippen LogP contribution < -0.4 is 10.5 Å². The first kappa shape index (κ1) is 10.5. The lowest BCUT2D eigenvalue weighted by Gasteiger charge is -2.32. The lowest BCUT2D eigenvalue weighted by molar-refractivity contribution is 0.108. The first-order valence-corrected chi connectivity index (χ1v) is 5.73. The Hall–Kier alpha value is -1.02. The van der Waals surface area contributed by atoms with Gasteiger partial charge in [0, 0.05) is 6.04 Å². The molecule has 1 saturated carbocycles. The summed E-state index contributed by atoms with van der Waals surface area (Å²) in [6.45, 7) is 2.27. The summed E-state index contributed by atoms with van der Waals surface area (Å²) in [5.41, 5.74) is 6.06. The molecule has 1 aromatic rings. The van der Waals surface area contributed by atoms with Crippen LogP contribution in [0, 0.1) is 5.92 Å². The third-order valence-corrected chi connectivity index (χ3v) is 3.14. The summed E-state index contributed by atoms with van der Waals surface area (Å²) in [7, 11) is 0. The predicted octanol–water partition coefficient (Wildman–Crippen LogP) is 2.58. The first-order valence-electron chi connectivity index (χ1n) is 5.73. The molecule has 0 amide bonds. The Morgan fingerprint density at radius 2 is 1.93 bits per heavy atom. The van der Waals surface area contributed by atoms with E-state index in [0.717, 1.165) is 24.5 Å². The molecular formula is C13H19NO. The molecule has 3 unspecified atom stereocenters. The Balaban J connectivity index is 1.98. The summed E-state index contributed by atoms with van der Waals surface area (Å²) in [5, 5.41) is 0. The normalized spacial score (nSPS) is 31.2. The second-order valence-corrected chi connectivity index (χ2v) is 4.55. The highest BCUT2D eigenvalue weighted by Crippen LogP contribution is 2.26. The van der Waals surface area contributed by atoms with Gasteiger partial charge in [-0.2, -0.15) is 0 Å². The van der Waals surface area contributed by atoms with Crippen molar-refractivity contribution in [3.05, 3.63) is 30.3 Å². The number of para-hydroxylation sites is 1. The van der Waals surface area contributed by atoms with Crippen LogP contribution in [0.15, 0.2) is 30.3 Å². The SMILES string of the molecule is CC1CCC(N)C(Oc2ccccc2)C1. The second kappa shape index (κ2) is 4.67. The molecule has 1 aliphatic rings. The Kier molecular flexibility index (Phi) is 3.27. The van der Waals surface area contributed by atoms with E-state index in [1.54, 1.807) is 0 Å². The van der Waals surface area contributed by atoms with Gasteiger partial charge in [-0.15, -0.1) is 0 Å². The van der Waals surface area contributed by atoms with Crippen molar-refractivity contribution < 1.29 is 4.74 Å². The highest BCUT2D eigenvalue weighted by atomic mass is 16.5. The molecule has 2 nitrogen and oxygen atoms in total. The van der Waals surface area contributed by atoms with Gasteiger partial charge in [-0.25, -0.2) is 0 Å². The molecule has 1 aromatic carbocycles. The van der Waals surface area contributed by atoms with Crippen LogP contribution >= 0.6 is 0 Å². The average molecular weight is 205 g/mol. The predicted molar refractivity (Wildman–Crippen MR) is 61.8 cm³/mol. The summed E-state index contributed by atoms with van der Waals surface area (Å²) in [5.74, 6) is 1.67. The van der Waals surface area contributed by atoms with E-state index in [0.29, 0.717) is 0 Å². The van der Waals surface area contributed by atoms with Crippen molar-refractivity contribution in [2.24, 2.45) is 11.7 Å². The monoisotopic (exact) mass is 205 g/mol. The number of hydrogen-bond donors (Lipinski definition) is 1. The molecule has 0 heterocycles. The van der Waals surface area contributed by atoms with Crippen molar-refractivity contribution in [1.29, 1.82) is 0 Å². The Labute approximate surface area is 91.4 Å². The van der Waals surface area contributed by atoms with Crippen molar-refractivity contribution in [2.45, 2.75) is 38.3 Å². The summed E-state index contributed by atoms with van der Waals surface area (Å²) in [6.07, 6.45) is 3.58. The standard InChI is InChI=1S/C13H19NO/c1-10-7-8-12(14)13(9-10)15-11-5-3-2-4-6-11/h2-6,10,12-13H,7-9,14H2,1H3. The fourth-order valence-corrected chi connectivity index (χ4v) is 2.16. The first-order chi connectivity index (χ1) is 7.25. The van der Waals surface area contributed by atoms with Gasteiger partial charge in [0.2, 0.25) is 0 Å². The molecule has 0 aromatic heterocycles. The van der Waals surface area contributed by atoms with Crippen LogP contribution in [-0.2, 0) is 0 Å². The minimum Gasteiger partial charge on any atom is -0.489 e. The topological polar surface area (TPSA) is 35.2 Å². The molecule has 0 bridgehead atoms. The van der Waals surface area contributed by atoms with E-state index >= 15 is 0 Å². The van der Waals surface area contributed by atoms with Crippen LogP contribution in [0.4, 0.5) is 0 Å². The maximum absolute atomic E-state index is 6.06. The number of hydrogen-bond acceptors (Lipinski definition) is 2. The van der Waals surface area contributed by atoms with E-state index in [4.69, 9.17) is 10.5 Å². The number of benzene rings is 1. The van der Waals surface area contributed by atoms with Gasteiger partial charge in [-0.05, 0) is 37.3 Å². The van der Waals surface area contributed by atoms with Crippen LogP contribution in [0.25, 0.3) is 0 Å². The number of nitrogens with two attached hydrogens (primary N) is 1. The molecule has 0 saturated heterocycles. The smallest absolute Gasteiger partial charge is 0.119 e. The fourth-order valence-electron chi connectivity index (χ4n) is 2.16. The molecule has 82 valence electrons. The highest BCUT2D eigenvalue weighted by Gasteiger charge is 2.27. The molecule has 1 fully saturated rings. The zero-order chi connectivity index (χ0) is 10.7. The van der Waals surface area contributed by atoms with E-state index in [9.17, 15) is 0 Å². The Bertz CT molecular complexity index is 299. The highest BCUT2D eigenvalue weighted by molar-refractivity contribution is 5.21. The Morgan fingerprint density at radius 3 is 2.67 bits per heavy atom. The zero-order valence-electron chi connectivity index (χ0n) is 9.23. The van der Waals surface area contributed by atoms with E-state index < -0.39 is 0 Å². The van der Waals surface area contributed by atoms with Gasteiger partial charge in [-0.1, -0.05) is 25.1 Å². The zero-order valence-corrected chi connectivity index (χ0v) is 9.23. The van der Waals surface area contributed by atoms with Gasteiger partial charge in [0.1, 0.15) is 11.9 Å². The largest absolute Gasteiger partial charge is 0.489 e. The minimum atomic E-state index is 0.191. The number of ether oxygens (including phenoxy) is 1. The van der Waals surface area contributed by atoms with Crippen molar-refractivity contribution in [3.8, 4) is 5.75 Å². The Morgan fingerprint density at radius 1 is 1.20 bits per heavy atom. The van der Waals surface area contributed by atoms with Gasteiger partial charge in [0.25, 0.3) is 0 Å². The van der Waals surface area contributed by atoms with E-state index in [2.05, 4.69) is 6.92 Å². The van der Waals surface area contributed by atoms with Gasteiger partial charge < -0.3 is 10.5 Å². The quantitative estimate of drug-likeness (QED) is 0.805. The van der Waals surface area contributed by atoms with Gasteiger partial charge in [-0.3, -0.25) is 0 Å². The van der Waals surface area contributed by atoms with Crippen molar-refractivity contribution >= 4 is 0 Å². The molecule has 2 N–H and O–H groups in total. The molecule has 0 aliphatic heterocycles. The summed E-state index contributed by atoms with van der Waals surface area (Å²) in [4.78, 5) is 0. The van der Waals surface area contributed by atoms with Crippen LogP contribution in [0.1, 0.15) is 26.2 Å². The van der Waals surface area contributed by atoms with Crippen LogP contribution in [0.2, 0.25) is 0 Å². The van der Waals surface area contributed by atoms with Crippen LogP contribution in [0.5, 0.6) is 5.75 Å². The van der Waals surface area contributed by atoms with E-state index in [1.165, 1.54) is 6.42 Å². The third-order valence-electron chi connectivity index (χ3n) is 3.14. The van der Waals surface area contributed by atoms with Crippen molar-refractivity contribution in [1.82, 2.24) is 0 Å². The summed E-state index contributed by atoms with van der Waals surface area (Å²) >= 11 is 0. The maximum atomic E-state index is 6.06. The summed E-state index contributed by atoms with van der Waals surface area (Å²) < 4.78 is 5.91. The van der Waals surface area contributed by atoms with Crippen molar-refractivity contribution in [2.75, 3.05) is 0 Å². The molecule has 3 atom stereocenters. The van der Waals surface area contributed by atoms with Gasteiger partial charge in [0.05, 0.1) is 0 Å². The lowest BCUT2D eigenvalue weighted by atomic mass is 9.85. The number of rotatable bonds is 2. The van der Waals surface area contributed by atoms with E-state index in [1.807, 2.05) is 30.3 Å². The third kappa shape index (κ3) is 2.72. The second-order valence-electron chi connectivity index (χ2n) is 4.55. The lowest BCUT2D eigenvalue weighted by Crippen LogP contribution is -2.43. The van der Waals surface area contributed by atoms with E-state index in [-0.39, 0.29) is 12.1 Å². The molecule has 15 heavy (non-hydrogen) atoms. The average Bonchev–Trinajstić information content (AvgIpc) is 2.25. The van der Waals surface area contributed by atoms with Crippen molar-refractivity contribution in [3.63, 3.8) is 0 Å². The van der Waals surface area contributed by atoms with Gasteiger partial charge >= 0.3 is 0 Å².